The second-order valence-corrected chi connectivity index (χ2v) is 7.73. The fraction of sp³-hybridized carbons (Fsp3) is 0.217. The molecule has 1 atom stereocenters. The van der Waals surface area contributed by atoms with Crippen LogP contribution in [0.3, 0.4) is 0 Å². The van der Waals surface area contributed by atoms with E-state index in [-0.39, 0.29) is 0 Å². The van der Waals surface area contributed by atoms with E-state index < -0.39 is 0 Å². The van der Waals surface area contributed by atoms with E-state index in [1.54, 1.807) is 0 Å². The first kappa shape index (κ1) is 17.8. The largest absolute Gasteiger partial charge is 0.461 e. The van der Waals surface area contributed by atoms with Crippen molar-refractivity contribution in [2.45, 2.75) is 25.8 Å². The lowest BCUT2D eigenvalue weighted by Crippen LogP contribution is -2.20. The van der Waals surface area contributed by atoms with E-state index >= 15 is 0 Å². The fourth-order valence-electron chi connectivity index (χ4n) is 3.40. The number of furan rings is 1. The second kappa shape index (κ2) is 7.99. The van der Waals surface area contributed by atoms with Crippen LogP contribution in [0.1, 0.15) is 30.7 Å². The zero-order valence-corrected chi connectivity index (χ0v) is 16.3. The third-order valence-corrected chi connectivity index (χ3v) is 5.90. The van der Waals surface area contributed by atoms with Crippen molar-refractivity contribution in [3.05, 3.63) is 77.4 Å². The SMILES string of the molecule is CC(NCCCc1ccc(-c2ccccc2N)o1)c1csc2ccccc12. The predicted molar refractivity (Wildman–Crippen MR) is 115 cm³/mol. The molecule has 4 heteroatoms. The summed E-state index contributed by atoms with van der Waals surface area (Å²) in [4.78, 5) is 0. The number of hydrogen-bond acceptors (Lipinski definition) is 4. The minimum absolute atomic E-state index is 0.345. The van der Waals surface area contributed by atoms with Gasteiger partial charge in [0.25, 0.3) is 0 Å². The molecule has 3 N–H and O–H groups in total. The highest BCUT2D eigenvalue weighted by atomic mass is 32.1. The minimum Gasteiger partial charge on any atom is -0.461 e. The minimum atomic E-state index is 0.345. The summed E-state index contributed by atoms with van der Waals surface area (Å²) in [6.45, 7) is 3.19. The van der Waals surface area contributed by atoms with Gasteiger partial charge < -0.3 is 15.5 Å². The van der Waals surface area contributed by atoms with Crippen LogP contribution in [0.4, 0.5) is 5.69 Å². The van der Waals surface area contributed by atoms with Gasteiger partial charge in [0.05, 0.1) is 0 Å². The van der Waals surface area contributed by atoms with Crippen LogP contribution >= 0.6 is 11.3 Å². The lowest BCUT2D eigenvalue weighted by Gasteiger charge is -2.13. The molecule has 138 valence electrons. The van der Waals surface area contributed by atoms with Crippen molar-refractivity contribution in [2.24, 2.45) is 0 Å². The molecule has 1 unspecified atom stereocenters. The molecule has 4 aromatic rings. The Bertz CT molecular complexity index is 1030. The molecule has 2 aromatic heterocycles. The number of benzene rings is 2. The molecule has 0 spiro atoms. The second-order valence-electron chi connectivity index (χ2n) is 6.82. The number of nitrogen functional groups attached to an aromatic ring is 1. The molecule has 2 heterocycles. The number of rotatable bonds is 7. The Labute approximate surface area is 163 Å². The first-order chi connectivity index (χ1) is 13.2. The van der Waals surface area contributed by atoms with Crippen molar-refractivity contribution in [1.82, 2.24) is 5.32 Å². The van der Waals surface area contributed by atoms with E-state index in [0.29, 0.717) is 6.04 Å². The van der Waals surface area contributed by atoms with E-state index in [1.807, 2.05) is 41.7 Å². The molecular formula is C23H24N2OS. The highest BCUT2D eigenvalue weighted by Gasteiger charge is 2.11. The maximum Gasteiger partial charge on any atom is 0.136 e. The average Bonchev–Trinajstić information content (AvgIpc) is 3.32. The summed E-state index contributed by atoms with van der Waals surface area (Å²) in [5.41, 5.74) is 9.12. The molecule has 0 fully saturated rings. The molecular weight excluding hydrogens is 352 g/mol. The van der Waals surface area contributed by atoms with Gasteiger partial charge in [-0.25, -0.2) is 0 Å². The van der Waals surface area contributed by atoms with Crippen molar-refractivity contribution in [3.63, 3.8) is 0 Å². The molecule has 0 bridgehead atoms. The maximum atomic E-state index is 6.03. The normalized spacial score (nSPS) is 12.5. The van der Waals surface area contributed by atoms with Crippen LogP contribution < -0.4 is 11.1 Å². The molecule has 0 aliphatic rings. The van der Waals surface area contributed by atoms with E-state index in [2.05, 4.69) is 48.0 Å². The predicted octanol–water partition coefficient (Wildman–Crippen LogP) is 6.03. The molecule has 4 rings (SSSR count). The van der Waals surface area contributed by atoms with Gasteiger partial charge in [0.2, 0.25) is 0 Å². The van der Waals surface area contributed by atoms with E-state index in [1.165, 1.54) is 15.6 Å². The van der Waals surface area contributed by atoms with Gasteiger partial charge in [-0.2, -0.15) is 0 Å². The van der Waals surface area contributed by atoms with Crippen LogP contribution in [0, 0.1) is 0 Å². The van der Waals surface area contributed by atoms with Crippen molar-refractivity contribution >= 4 is 27.1 Å². The molecule has 0 amide bonds. The van der Waals surface area contributed by atoms with Gasteiger partial charge in [-0.05, 0) is 66.6 Å². The monoisotopic (exact) mass is 376 g/mol. The van der Waals surface area contributed by atoms with Crippen molar-refractivity contribution in [3.8, 4) is 11.3 Å². The number of anilines is 1. The Morgan fingerprint density at radius 1 is 1.04 bits per heavy atom. The van der Waals surface area contributed by atoms with Crippen molar-refractivity contribution < 1.29 is 4.42 Å². The first-order valence-electron chi connectivity index (χ1n) is 9.35. The molecule has 27 heavy (non-hydrogen) atoms. The molecule has 0 saturated carbocycles. The van der Waals surface area contributed by atoms with Crippen LogP contribution in [0.15, 0.2) is 70.5 Å². The van der Waals surface area contributed by atoms with Crippen molar-refractivity contribution in [2.75, 3.05) is 12.3 Å². The zero-order valence-electron chi connectivity index (χ0n) is 15.4. The van der Waals surface area contributed by atoms with Gasteiger partial charge in [-0.3, -0.25) is 0 Å². The van der Waals surface area contributed by atoms with E-state index in [0.717, 1.165) is 42.2 Å². The van der Waals surface area contributed by atoms with Gasteiger partial charge in [0.15, 0.2) is 0 Å². The Morgan fingerprint density at radius 3 is 2.74 bits per heavy atom. The summed E-state index contributed by atoms with van der Waals surface area (Å²) in [6.07, 6.45) is 1.94. The number of fused-ring (bicyclic) bond motifs is 1. The number of nitrogens with two attached hydrogens (primary N) is 1. The number of nitrogens with one attached hydrogen (secondary N) is 1. The summed E-state index contributed by atoms with van der Waals surface area (Å²) in [7, 11) is 0. The lowest BCUT2D eigenvalue weighted by molar-refractivity contribution is 0.496. The summed E-state index contributed by atoms with van der Waals surface area (Å²) in [5.74, 6) is 1.85. The maximum absolute atomic E-state index is 6.03. The van der Waals surface area contributed by atoms with Gasteiger partial charge in [-0.1, -0.05) is 30.3 Å². The van der Waals surface area contributed by atoms with Crippen molar-refractivity contribution in [1.29, 1.82) is 0 Å². The highest BCUT2D eigenvalue weighted by Crippen LogP contribution is 2.30. The fourth-order valence-corrected chi connectivity index (χ4v) is 4.46. The van der Waals surface area contributed by atoms with Gasteiger partial charge in [0, 0.05) is 28.4 Å². The van der Waals surface area contributed by atoms with Gasteiger partial charge >= 0.3 is 0 Å². The summed E-state index contributed by atoms with van der Waals surface area (Å²) >= 11 is 1.81. The Morgan fingerprint density at radius 2 is 1.85 bits per heavy atom. The van der Waals surface area contributed by atoms with E-state index in [4.69, 9.17) is 10.2 Å². The highest BCUT2D eigenvalue weighted by molar-refractivity contribution is 7.17. The summed E-state index contributed by atoms with van der Waals surface area (Å²) in [6, 6.07) is 20.8. The van der Waals surface area contributed by atoms with Gasteiger partial charge in [-0.15, -0.1) is 11.3 Å². The molecule has 3 nitrogen and oxygen atoms in total. The zero-order chi connectivity index (χ0) is 18.6. The number of para-hydroxylation sites is 1. The van der Waals surface area contributed by atoms with Crippen LogP contribution in [0.2, 0.25) is 0 Å². The van der Waals surface area contributed by atoms with Crippen LogP contribution in [0.25, 0.3) is 21.4 Å². The number of hydrogen-bond donors (Lipinski definition) is 2. The molecule has 0 saturated heterocycles. The molecule has 0 aliphatic carbocycles. The Hall–Kier alpha value is -2.56. The van der Waals surface area contributed by atoms with E-state index in [9.17, 15) is 0 Å². The summed E-state index contributed by atoms with van der Waals surface area (Å²) < 4.78 is 7.33. The molecule has 0 aliphatic heterocycles. The number of thiophene rings is 1. The van der Waals surface area contributed by atoms with Crippen LogP contribution in [0.5, 0.6) is 0 Å². The molecule has 2 aromatic carbocycles. The van der Waals surface area contributed by atoms with Crippen LogP contribution in [-0.4, -0.2) is 6.54 Å². The third kappa shape index (κ3) is 3.92. The van der Waals surface area contributed by atoms with Gasteiger partial charge in [0.1, 0.15) is 11.5 Å². The average molecular weight is 377 g/mol. The quantitative estimate of drug-likeness (QED) is 0.306. The third-order valence-electron chi connectivity index (χ3n) is 4.92. The Balaban J connectivity index is 1.31. The first-order valence-corrected chi connectivity index (χ1v) is 10.2. The lowest BCUT2D eigenvalue weighted by atomic mass is 10.1. The molecule has 0 radical (unpaired) electrons. The smallest absolute Gasteiger partial charge is 0.136 e. The summed E-state index contributed by atoms with van der Waals surface area (Å²) in [5, 5.41) is 7.27. The van der Waals surface area contributed by atoms with Crippen LogP contribution in [-0.2, 0) is 6.42 Å². The standard InChI is InChI=1S/C23H24N2OS/c1-16(20-15-27-23-11-5-3-8-18(20)23)25-14-6-7-17-12-13-22(26-17)19-9-2-4-10-21(19)24/h2-5,8-13,15-16,25H,6-7,14,24H2,1H3. The topological polar surface area (TPSA) is 51.2 Å². The number of aryl methyl sites for hydroxylation is 1. The Kier molecular flexibility index (Phi) is 5.28.